The maximum Gasteiger partial charge on any atom is 0.435 e. The fourth-order valence-electron chi connectivity index (χ4n) is 3.80. The lowest BCUT2D eigenvalue weighted by Gasteiger charge is -2.10. The monoisotopic (exact) mass is 523 g/mol. The molecule has 1 amide bonds. The van der Waals surface area contributed by atoms with Crippen molar-refractivity contribution in [3.8, 4) is 0 Å². The maximum atomic E-state index is 13.0. The van der Waals surface area contributed by atoms with Crippen LogP contribution in [0.3, 0.4) is 0 Å². The molecule has 2 heterocycles. The molecule has 0 saturated heterocycles. The van der Waals surface area contributed by atoms with Crippen LogP contribution in [-0.4, -0.2) is 32.0 Å². The van der Waals surface area contributed by atoms with Crippen molar-refractivity contribution >= 4 is 21.8 Å². The van der Waals surface area contributed by atoms with Gasteiger partial charge in [0.05, 0.1) is 22.4 Å². The first-order valence-electron chi connectivity index (χ1n) is 10.8. The predicted molar refractivity (Wildman–Crippen MR) is 121 cm³/mol. The number of rotatable bonds is 8. The van der Waals surface area contributed by atoms with Gasteiger partial charge in [0.25, 0.3) is 5.91 Å². The summed E-state index contributed by atoms with van der Waals surface area (Å²) in [6.07, 6.45) is -2.17. The molecular formula is C23H25BrF3N5O. The van der Waals surface area contributed by atoms with Crippen LogP contribution in [0.2, 0.25) is 0 Å². The van der Waals surface area contributed by atoms with Gasteiger partial charge in [-0.1, -0.05) is 12.1 Å². The second-order valence-corrected chi connectivity index (χ2v) is 9.19. The van der Waals surface area contributed by atoms with Gasteiger partial charge in [-0.2, -0.15) is 23.4 Å². The third-order valence-electron chi connectivity index (χ3n) is 5.74. The predicted octanol–water partition coefficient (Wildman–Crippen LogP) is 5.22. The Labute approximate surface area is 198 Å². The molecule has 3 aromatic rings. The van der Waals surface area contributed by atoms with Crippen LogP contribution in [-0.2, 0) is 19.3 Å². The van der Waals surface area contributed by atoms with Crippen LogP contribution in [0.25, 0.3) is 0 Å². The molecule has 10 heteroatoms. The van der Waals surface area contributed by atoms with Crippen molar-refractivity contribution in [2.45, 2.75) is 58.3 Å². The van der Waals surface area contributed by atoms with Gasteiger partial charge in [-0.15, -0.1) is 0 Å². The summed E-state index contributed by atoms with van der Waals surface area (Å²) in [5, 5.41) is 11.1. The number of hydrogen-bond donors (Lipinski definition) is 1. The number of nitrogens with one attached hydrogen (secondary N) is 1. The lowest BCUT2D eigenvalue weighted by atomic mass is 10.1. The molecule has 2 aromatic heterocycles. The van der Waals surface area contributed by atoms with Gasteiger partial charge in [-0.3, -0.25) is 14.2 Å². The molecular weight excluding hydrogens is 499 g/mol. The molecule has 1 saturated carbocycles. The molecule has 0 spiro atoms. The Morgan fingerprint density at radius 1 is 1.18 bits per heavy atom. The highest BCUT2D eigenvalue weighted by molar-refractivity contribution is 9.10. The highest BCUT2D eigenvalue weighted by atomic mass is 79.9. The molecule has 1 aliphatic carbocycles. The van der Waals surface area contributed by atoms with Gasteiger partial charge in [0.2, 0.25) is 0 Å². The van der Waals surface area contributed by atoms with Crippen LogP contribution < -0.4 is 5.32 Å². The first-order valence-corrected chi connectivity index (χ1v) is 11.6. The van der Waals surface area contributed by atoms with Crippen LogP contribution in [0, 0.1) is 13.8 Å². The Morgan fingerprint density at radius 2 is 1.94 bits per heavy atom. The van der Waals surface area contributed by atoms with Crippen molar-refractivity contribution in [3.05, 3.63) is 68.7 Å². The second-order valence-electron chi connectivity index (χ2n) is 8.40. The largest absolute Gasteiger partial charge is 0.435 e. The van der Waals surface area contributed by atoms with E-state index in [0.717, 1.165) is 40.3 Å². The standard InChI is InChI=1S/C23H25BrF3N5O/c1-14-21(24)15(2)32(29-14)13-16-5-3-6-18(11-16)22(33)28-9-4-10-31-19(17-7-8-17)12-20(30-31)23(25,26)27/h3,5-6,11-12,17H,4,7-10,13H2,1-2H3,(H,28,33). The van der Waals surface area contributed by atoms with E-state index in [2.05, 4.69) is 31.4 Å². The molecule has 1 aromatic carbocycles. The number of aryl methyl sites for hydroxylation is 2. The van der Waals surface area contributed by atoms with Crippen molar-refractivity contribution in [1.82, 2.24) is 24.9 Å². The number of amides is 1. The summed E-state index contributed by atoms with van der Waals surface area (Å²) in [7, 11) is 0. The molecule has 33 heavy (non-hydrogen) atoms. The van der Waals surface area contributed by atoms with Crippen molar-refractivity contribution < 1.29 is 18.0 Å². The molecule has 6 nitrogen and oxygen atoms in total. The minimum atomic E-state index is -4.45. The lowest BCUT2D eigenvalue weighted by molar-refractivity contribution is -0.141. The number of halogens is 4. The first kappa shape index (κ1) is 23.5. The lowest BCUT2D eigenvalue weighted by Crippen LogP contribution is -2.25. The van der Waals surface area contributed by atoms with Gasteiger partial charge in [-0.25, -0.2) is 0 Å². The summed E-state index contributed by atoms with van der Waals surface area (Å²) in [5.41, 5.74) is 3.19. The van der Waals surface area contributed by atoms with Crippen LogP contribution in [0.15, 0.2) is 34.8 Å². The smallest absolute Gasteiger partial charge is 0.352 e. The second kappa shape index (κ2) is 9.32. The van der Waals surface area contributed by atoms with Gasteiger partial charge in [0.15, 0.2) is 5.69 Å². The number of aromatic nitrogens is 4. The van der Waals surface area contributed by atoms with E-state index in [1.807, 2.05) is 36.7 Å². The minimum absolute atomic E-state index is 0.161. The number of benzene rings is 1. The molecule has 0 unspecified atom stereocenters. The molecule has 176 valence electrons. The quantitative estimate of drug-likeness (QED) is 0.411. The van der Waals surface area contributed by atoms with Gasteiger partial charge in [0.1, 0.15) is 0 Å². The topological polar surface area (TPSA) is 64.7 Å². The van der Waals surface area contributed by atoms with Crippen molar-refractivity contribution in [1.29, 1.82) is 0 Å². The number of hydrogen-bond acceptors (Lipinski definition) is 3. The van der Waals surface area contributed by atoms with E-state index in [1.165, 1.54) is 4.68 Å². The van der Waals surface area contributed by atoms with Crippen LogP contribution >= 0.6 is 15.9 Å². The van der Waals surface area contributed by atoms with Crippen molar-refractivity contribution in [3.63, 3.8) is 0 Å². The van der Waals surface area contributed by atoms with E-state index < -0.39 is 11.9 Å². The zero-order chi connectivity index (χ0) is 23.8. The van der Waals surface area contributed by atoms with Crippen LogP contribution in [0.4, 0.5) is 13.2 Å². The number of carbonyl (C=O) groups excluding carboxylic acids is 1. The summed E-state index contributed by atoms with van der Waals surface area (Å²) in [4.78, 5) is 12.6. The molecule has 1 N–H and O–H groups in total. The summed E-state index contributed by atoms with van der Waals surface area (Å²) in [6.45, 7) is 5.13. The summed E-state index contributed by atoms with van der Waals surface area (Å²) >= 11 is 3.52. The Morgan fingerprint density at radius 3 is 2.58 bits per heavy atom. The fourth-order valence-corrected chi connectivity index (χ4v) is 4.09. The maximum absolute atomic E-state index is 13.0. The zero-order valence-corrected chi connectivity index (χ0v) is 20.0. The van der Waals surface area contributed by atoms with E-state index >= 15 is 0 Å². The average molecular weight is 524 g/mol. The van der Waals surface area contributed by atoms with Crippen LogP contribution in [0.5, 0.6) is 0 Å². The fraction of sp³-hybridized carbons (Fsp3) is 0.435. The Bertz CT molecular complexity index is 1160. The number of carbonyl (C=O) groups is 1. The Hall–Kier alpha value is -2.62. The summed E-state index contributed by atoms with van der Waals surface area (Å²) < 4.78 is 43.4. The molecule has 4 rings (SSSR count). The summed E-state index contributed by atoms with van der Waals surface area (Å²) in [5.74, 6) is -0.0565. The molecule has 1 aliphatic rings. The van der Waals surface area contributed by atoms with Gasteiger partial charge < -0.3 is 5.32 Å². The molecule has 0 atom stereocenters. The van der Waals surface area contributed by atoms with E-state index in [1.54, 1.807) is 6.07 Å². The number of alkyl halides is 3. The highest BCUT2D eigenvalue weighted by Gasteiger charge is 2.37. The normalized spacial score (nSPS) is 14.0. The van der Waals surface area contributed by atoms with Crippen molar-refractivity contribution in [2.24, 2.45) is 0 Å². The average Bonchev–Trinajstić information content (AvgIpc) is 3.47. The number of nitrogens with zero attached hydrogens (tertiary/aromatic N) is 4. The zero-order valence-electron chi connectivity index (χ0n) is 18.4. The molecule has 1 fully saturated rings. The van der Waals surface area contributed by atoms with E-state index in [4.69, 9.17) is 0 Å². The van der Waals surface area contributed by atoms with E-state index in [0.29, 0.717) is 37.3 Å². The molecule has 0 radical (unpaired) electrons. The van der Waals surface area contributed by atoms with Crippen LogP contribution in [0.1, 0.15) is 63.9 Å². The molecule has 0 aliphatic heterocycles. The Kier molecular flexibility index (Phi) is 6.65. The van der Waals surface area contributed by atoms with Gasteiger partial charge >= 0.3 is 6.18 Å². The van der Waals surface area contributed by atoms with E-state index in [-0.39, 0.29) is 11.8 Å². The molecule has 0 bridgehead atoms. The van der Waals surface area contributed by atoms with Gasteiger partial charge in [-0.05, 0) is 72.8 Å². The SMILES string of the molecule is Cc1nn(Cc2cccc(C(=O)NCCCn3nc(C(F)(F)F)cc3C3CC3)c2)c(C)c1Br. The van der Waals surface area contributed by atoms with Gasteiger partial charge in [0, 0.05) is 30.3 Å². The highest BCUT2D eigenvalue weighted by Crippen LogP contribution is 2.42. The third kappa shape index (κ3) is 5.48. The first-order chi connectivity index (χ1) is 15.6. The summed E-state index contributed by atoms with van der Waals surface area (Å²) in [6, 6.07) is 8.49. The minimum Gasteiger partial charge on any atom is -0.352 e. The van der Waals surface area contributed by atoms with E-state index in [9.17, 15) is 18.0 Å². The van der Waals surface area contributed by atoms with Crippen molar-refractivity contribution in [2.75, 3.05) is 6.54 Å². The Balaban J connectivity index is 1.33. The third-order valence-corrected chi connectivity index (χ3v) is 6.89.